The SMILES string of the molecule is COC(=O)c1ccc(COC(=O)c2sc3ccccc3c2C)o1. The van der Waals surface area contributed by atoms with E-state index in [9.17, 15) is 9.59 Å². The van der Waals surface area contributed by atoms with Crippen LogP contribution < -0.4 is 0 Å². The van der Waals surface area contributed by atoms with Gasteiger partial charge >= 0.3 is 11.9 Å². The molecule has 2 heterocycles. The Morgan fingerprint density at radius 2 is 1.91 bits per heavy atom. The van der Waals surface area contributed by atoms with Crippen LogP contribution in [0.5, 0.6) is 0 Å². The first kappa shape index (κ1) is 15.3. The predicted octanol–water partition coefficient (Wildman–Crippen LogP) is 3.95. The van der Waals surface area contributed by atoms with E-state index in [4.69, 9.17) is 9.15 Å². The summed E-state index contributed by atoms with van der Waals surface area (Å²) in [5, 5.41) is 1.05. The average molecular weight is 330 g/mol. The first-order valence-electron chi connectivity index (χ1n) is 6.92. The highest BCUT2D eigenvalue weighted by Gasteiger charge is 2.18. The van der Waals surface area contributed by atoms with E-state index < -0.39 is 11.9 Å². The van der Waals surface area contributed by atoms with Crippen LogP contribution in [0.2, 0.25) is 0 Å². The van der Waals surface area contributed by atoms with Crippen molar-refractivity contribution >= 4 is 33.4 Å². The van der Waals surface area contributed by atoms with Crippen molar-refractivity contribution in [2.45, 2.75) is 13.5 Å². The number of hydrogen-bond donors (Lipinski definition) is 0. The zero-order valence-electron chi connectivity index (χ0n) is 12.6. The quantitative estimate of drug-likeness (QED) is 0.678. The monoisotopic (exact) mass is 330 g/mol. The smallest absolute Gasteiger partial charge is 0.373 e. The van der Waals surface area contributed by atoms with E-state index in [0.717, 1.165) is 15.6 Å². The number of carbonyl (C=O) groups is 2. The van der Waals surface area contributed by atoms with E-state index >= 15 is 0 Å². The molecule has 2 aromatic heterocycles. The van der Waals surface area contributed by atoms with E-state index in [2.05, 4.69) is 4.74 Å². The third kappa shape index (κ3) is 2.98. The fourth-order valence-corrected chi connectivity index (χ4v) is 3.34. The van der Waals surface area contributed by atoms with Crippen LogP contribution in [-0.2, 0) is 16.1 Å². The highest BCUT2D eigenvalue weighted by Crippen LogP contribution is 2.31. The van der Waals surface area contributed by atoms with E-state index in [-0.39, 0.29) is 12.4 Å². The molecule has 23 heavy (non-hydrogen) atoms. The molecule has 0 aliphatic carbocycles. The van der Waals surface area contributed by atoms with Crippen LogP contribution in [0.4, 0.5) is 0 Å². The van der Waals surface area contributed by atoms with Crippen molar-refractivity contribution in [3.8, 4) is 0 Å². The van der Waals surface area contributed by atoms with Gasteiger partial charge in [0.25, 0.3) is 0 Å². The molecule has 0 unspecified atom stereocenters. The summed E-state index contributed by atoms with van der Waals surface area (Å²) in [4.78, 5) is 24.1. The molecule has 0 aliphatic heterocycles. The molecule has 0 radical (unpaired) electrons. The van der Waals surface area contributed by atoms with Crippen LogP contribution in [0.15, 0.2) is 40.8 Å². The molecule has 0 N–H and O–H groups in total. The van der Waals surface area contributed by atoms with Crippen molar-refractivity contribution in [2.24, 2.45) is 0 Å². The van der Waals surface area contributed by atoms with Crippen molar-refractivity contribution < 1.29 is 23.5 Å². The Balaban J connectivity index is 1.72. The molecule has 0 amide bonds. The van der Waals surface area contributed by atoms with Crippen LogP contribution in [-0.4, -0.2) is 19.0 Å². The minimum Gasteiger partial charge on any atom is -0.463 e. The number of rotatable bonds is 4. The minimum absolute atomic E-state index is 0.0382. The number of carbonyl (C=O) groups excluding carboxylic acids is 2. The Morgan fingerprint density at radius 3 is 2.65 bits per heavy atom. The fraction of sp³-hybridized carbons (Fsp3) is 0.176. The second-order valence-electron chi connectivity index (χ2n) is 4.89. The standard InChI is InChI=1S/C17H14O5S/c1-10-12-5-3-4-6-14(12)23-15(10)17(19)21-9-11-7-8-13(22-11)16(18)20-2/h3-8H,9H2,1-2H3. The van der Waals surface area contributed by atoms with E-state index in [1.165, 1.54) is 24.5 Å². The van der Waals surface area contributed by atoms with Gasteiger partial charge in [0.15, 0.2) is 0 Å². The lowest BCUT2D eigenvalue weighted by molar-refractivity contribution is 0.0443. The number of aryl methyl sites for hydroxylation is 1. The number of thiophene rings is 1. The molecular formula is C17H14O5S. The Bertz CT molecular complexity index is 874. The maximum absolute atomic E-state index is 12.3. The van der Waals surface area contributed by atoms with Gasteiger partial charge in [-0.25, -0.2) is 9.59 Å². The molecule has 0 aliphatic rings. The number of methoxy groups -OCH3 is 1. The van der Waals surface area contributed by atoms with E-state index in [1.807, 2.05) is 31.2 Å². The number of hydrogen-bond acceptors (Lipinski definition) is 6. The Labute approximate surface area is 136 Å². The summed E-state index contributed by atoms with van der Waals surface area (Å²) >= 11 is 1.40. The van der Waals surface area contributed by atoms with Crippen LogP contribution >= 0.6 is 11.3 Å². The molecule has 0 bridgehead atoms. The molecule has 0 fully saturated rings. The topological polar surface area (TPSA) is 65.7 Å². The van der Waals surface area contributed by atoms with Crippen LogP contribution in [0.25, 0.3) is 10.1 Å². The first-order chi connectivity index (χ1) is 11.1. The number of furan rings is 1. The lowest BCUT2D eigenvalue weighted by Gasteiger charge is -2.02. The van der Waals surface area contributed by atoms with Gasteiger partial charge in [0.2, 0.25) is 5.76 Å². The van der Waals surface area contributed by atoms with Crippen molar-refractivity contribution in [2.75, 3.05) is 7.11 Å². The molecule has 0 saturated carbocycles. The predicted molar refractivity (Wildman–Crippen MR) is 85.7 cm³/mol. The van der Waals surface area contributed by atoms with Gasteiger partial charge in [-0.1, -0.05) is 18.2 Å². The second kappa shape index (κ2) is 6.26. The lowest BCUT2D eigenvalue weighted by Crippen LogP contribution is -2.04. The van der Waals surface area contributed by atoms with Gasteiger partial charge in [0, 0.05) is 4.70 Å². The Kier molecular flexibility index (Phi) is 4.16. The van der Waals surface area contributed by atoms with Gasteiger partial charge in [0.1, 0.15) is 17.2 Å². The summed E-state index contributed by atoms with van der Waals surface area (Å²) in [6.45, 7) is 1.86. The summed E-state index contributed by atoms with van der Waals surface area (Å²) < 4.78 is 16.1. The molecule has 0 saturated heterocycles. The van der Waals surface area contributed by atoms with Crippen LogP contribution in [0.3, 0.4) is 0 Å². The maximum atomic E-state index is 12.3. The van der Waals surface area contributed by atoms with Crippen molar-refractivity contribution in [3.05, 3.63) is 58.4 Å². The molecule has 5 nitrogen and oxygen atoms in total. The van der Waals surface area contributed by atoms with E-state index in [1.54, 1.807) is 6.07 Å². The largest absolute Gasteiger partial charge is 0.463 e. The van der Waals surface area contributed by atoms with Crippen LogP contribution in [0.1, 0.15) is 31.6 Å². The fourth-order valence-electron chi connectivity index (χ4n) is 2.24. The van der Waals surface area contributed by atoms with Gasteiger partial charge in [-0.3, -0.25) is 0 Å². The number of ether oxygens (including phenoxy) is 2. The molecule has 1 aromatic carbocycles. The van der Waals surface area contributed by atoms with Gasteiger partial charge in [0.05, 0.1) is 7.11 Å². The average Bonchev–Trinajstić information content (AvgIpc) is 3.17. The molecule has 6 heteroatoms. The van der Waals surface area contributed by atoms with Gasteiger partial charge in [-0.05, 0) is 36.1 Å². The van der Waals surface area contributed by atoms with Gasteiger partial charge < -0.3 is 13.9 Å². The van der Waals surface area contributed by atoms with Crippen molar-refractivity contribution in [3.63, 3.8) is 0 Å². The number of fused-ring (bicyclic) bond motifs is 1. The summed E-state index contributed by atoms with van der Waals surface area (Å²) in [5.41, 5.74) is 0.908. The molecule has 0 atom stereocenters. The molecule has 0 spiro atoms. The molecule has 3 aromatic rings. The molecular weight excluding hydrogens is 316 g/mol. The summed E-state index contributed by atoms with van der Waals surface area (Å²) in [6.07, 6.45) is 0. The maximum Gasteiger partial charge on any atom is 0.373 e. The van der Waals surface area contributed by atoms with Gasteiger partial charge in [-0.2, -0.15) is 0 Å². The second-order valence-corrected chi connectivity index (χ2v) is 5.94. The summed E-state index contributed by atoms with van der Waals surface area (Å²) in [5.74, 6) is -0.503. The highest BCUT2D eigenvalue weighted by molar-refractivity contribution is 7.21. The first-order valence-corrected chi connectivity index (χ1v) is 7.74. The van der Waals surface area contributed by atoms with Crippen LogP contribution in [0, 0.1) is 6.92 Å². The Morgan fingerprint density at radius 1 is 1.13 bits per heavy atom. The minimum atomic E-state index is -0.567. The third-order valence-corrected chi connectivity index (χ3v) is 4.68. The molecule has 118 valence electrons. The van der Waals surface area contributed by atoms with Gasteiger partial charge in [-0.15, -0.1) is 11.3 Å². The highest BCUT2D eigenvalue weighted by atomic mass is 32.1. The summed E-state index contributed by atoms with van der Waals surface area (Å²) in [6, 6.07) is 10.9. The molecule has 3 rings (SSSR count). The van der Waals surface area contributed by atoms with Crippen molar-refractivity contribution in [1.82, 2.24) is 0 Å². The van der Waals surface area contributed by atoms with E-state index in [0.29, 0.717) is 10.6 Å². The normalized spacial score (nSPS) is 10.7. The zero-order chi connectivity index (χ0) is 16.4. The number of esters is 2. The third-order valence-electron chi connectivity index (χ3n) is 3.42. The summed E-state index contributed by atoms with van der Waals surface area (Å²) in [7, 11) is 1.27. The van der Waals surface area contributed by atoms with Crippen molar-refractivity contribution in [1.29, 1.82) is 0 Å². The Hall–Kier alpha value is -2.60. The lowest BCUT2D eigenvalue weighted by atomic mass is 10.1. The zero-order valence-corrected chi connectivity index (χ0v) is 13.4. The number of benzene rings is 1.